The number of hydrogen-bond donors (Lipinski definition) is 1. The number of nitrogens with zero attached hydrogens (tertiary/aromatic N) is 3. The summed E-state index contributed by atoms with van der Waals surface area (Å²) in [6, 6.07) is 19.2. The molecule has 3 aromatic rings. The zero-order valence-corrected chi connectivity index (χ0v) is 17.8. The normalized spacial score (nSPS) is 14.4. The fourth-order valence-corrected chi connectivity index (χ4v) is 3.63. The second kappa shape index (κ2) is 10.2. The highest BCUT2D eigenvalue weighted by Crippen LogP contribution is 2.24. The predicted molar refractivity (Wildman–Crippen MR) is 120 cm³/mol. The van der Waals surface area contributed by atoms with E-state index in [9.17, 15) is 4.79 Å². The van der Waals surface area contributed by atoms with Crippen LogP contribution in [0.1, 0.15) is 16.9 Å². The number of carbonyl (C=O) groups excluding carboxylic acids is 1. The first-order valence-corrected chi connectivity index (χ1v) is 10.6. The Morgan fingerprint density at radius 1 is 1.10 bits per heavy atom. The third-order valence-electron chi connectivity index (χ3n) is 5.37. The summed E-state index contributed by atoms with van der Waals surface area (Å²) in [5, 5.41) is 7.78. The van der Waals surface area contributed by atoms with Crippen molar-refractivity contribution in [1.82, 2.24) is 20.0 Å². The van der Waals surface area contributed by atoms with E-state index in [0.29, 0.717) is 12.2 Å². The number of benzene rings is 2. The Bertz CT molecular complexity index is 980. The number of ether oxygens (including phenoxy) is 2. The Morgan fingerprint density at radius 2 is 1.84 bits per heavy atom. The zero-order valence-electron chi connectivity index (χ0n) is 17.8. The van der Waals surface area contributed by atoms with E-state index in [1.165, 1.54) is 0 Å². The highest BCUT2D eigenvalue weighted by atomic mass is 16.5. The van der Waals surface area contributed by atoms with Gasteiger partial charge < -0.3 is 14.8 Å². The molecule has 1 aliphatic rings. The van der Waals surface area contributed by atoms with E-state index in [1.54, 1.807) is 11.8 Å². The number of amides is 1. The molecule has 0 radical (unpaired) electrons. The van der Waals surface area contributed by atoms with Gasteiger partial charge in [-0.1, -0.05) is 18.2 Å². The van der Waals surface area contributed by atoms with E-state index >= 15 is 0 Å². The molecule has 2 heterocycles. The van der Waals surface area contributed by atoms with E-state index in [2.05, 4.69) is 10.2 Å². The average Bonchev–Trinajstić information content (AvgIpc) is 3.29. The van der Waals surface area contributed by atoms with Crippen LogP contribution in [0.15, 0.2) is 60.7 Å². The molecule has 7 heteroatoms. The van der Waals surface area contributed by atoms with Crippen molar-refractivity contribution in [2.75, 3.05) is 46.5 Å². The van der Waals surface area contributed by atoms with Gasteiger partial charge in [0.25, 0.3) is 5.91 Å². The van der Waals surface area contributed by atoms with E-state index in [0.717, 1.165) is 62.0 Å². The lowest BCUT2D eigenvalue weighted by Gasteiger charge is -2.26. The molecule has 0 saturated carbocycles. The topological polar surface area (TPSA) is 68.6 Å². The molecule has 1 fully saturated rings. The molecule has 162 valence electrons. The molecular formula is C24H28N4O3. The summed E-state index contributed by atoms with van der Waals surface area (Å²) in [4.78, 5) is 15.4. The van der Waals surface area contributed by atoms with Gasteiger partial charge in [-0.3, -0.25) is 9.69 Å². The van der Waals surface area contributed by atoms with Crippen LogP contribution in [-0.4, -0.2) is 67.1 Å². The minimum Gasteiger partial charge on any atom is -0.497 e. The standard InChI is InChI=1S/C24H28N4O3/c1-30-21-10-8-19(9-11-21)22-18-23(28(26-22)20-6-3-2-4-7-20)24(29)25-12-5-13-27-14-16-31-17-15-27/h2-4,6-11,18H,5,12-17H2,1H3,(H,25,29). The van der Waals surface area contributed by atoms with Crippen molar-refractivity contribution in [3.8, 4) is 22.7 Å². The van der Waals surface area contributed by atoms with Crippen molar-refractivity contribution in [2.45, 2.75) is 6.42 Å². The Hall–Kier alpha value is -3.16. The van der Waals surface area contributed by atoms with Gasteiger partial charge in [0, 0.05) is 25.2 Å². The second-order valence-corrected chi connectivity index (χ2v) is 7.45. The molecule has 0 aliphatic carbocycles. The van der Waals surface area contributed by atoms with Gasteiger partial charge in [-0.15, -0.1) is 0 Å². The summed E-state index contributed by atoms with van der Waals surface area (Å²) in [7, 11) is 1.64. The summed E-state index contributed by atoms with van der Waals surface area (Å²) in [5.74, 6) is 0.655. The fraction of sp³-hybridized carbons (Fsp3) is 0.333. The van der Waals surface area contributed by atoms with Crippen molar-refractivity contribution < 1.29 is 14.3 Å². The predicted octanol–water partition coefficient (Wildman–Crippen LogP) is 3.00. The van der Waals surface area contributed by atoms with Gasteiger partial charge in [-0.05, 0) is 55.4 Å². The molecule has 31 heavy (non-hydrogen) atoms. The van der Waals surface area contributed by atoms with Crippen LogP contribution >= 0.6 is 0 Å². The molecule has 1 aromatic heterocycles. The summed E-state index contributed by atoms with van der Waals surface area (Å²) < 4.78 is 12.3. The maximum Gasteiger partial charge on any atom is 0.270 e. The molecule has 1 aliphatic heterocycles. The number of carbonyl (C=O) groups is 1. The number of nitrogens with one attached hydrogen (secondary N) is 1. The minimum atomic E-state index is -0.127. The Kier molecular flexibility index (Phi) is 6.96. The van der Waals surface area contributed by atoms with E-state index in [-0.39, 0.29) is 5.91 Å². The van der Waals surface area contributed by atoms with E-state index in [1.807, 2.05) is 60.7 Å². The average molecular weight is 421 g/mol. The first kappa shape index (κ1) is 21.1. The third-order valence-corrected chi connectivity index (χ3v) is 5.37. The van der Waals surface area contributed by atoms with Crippen LogP contribution < -0.4 is 10.1 Å². The van der Waals surface area contributed by atoms with Crippen LogP contribution in [0.4, 0.5) is 0 Å². The number of para-hydroxylation sites is 1. The highest BCUT2D eigenvalue weighted by Gasteiger charge is 2.18. The molecule has 0 atom stereocenters. The number of morpholine rings is 1. The molecule has 1 saturated heterocycles. The van der Waals surface area contributed by atoms with Crippen LogP contribution in [-0.2, 0) is 4.74 Å². The van der Waals surface area contributed by atoms with Gasteiger partial charge in [-0.25, -0.2) is 4.68 Å². The van der Waals surface area contributed by atoms with Gasteiger partial charge in [0.15, 0.2) is 0 Å². The van der Waals surface area contributed by atoms with E-state index in [4.69, 9.17) is 14.6 Å². The maximum absolute atomic E-state index is 13.0. The zero-order chi connectivity index (χ0) is 21.5. The van der Waals surface area contributed by atoms with Gasteiger partial charge in [0.1, 0.15) is 11.4 Å². The van der Waals surface area contributed by atoms with Crippen molar-refractivity contribution in [2.24, 2.45) is 0 Å². The Balaban J connectivity index is 1.49. The second-order valence-electron chi connectivity index (χ2n) is 7.45. The van der Waals surface area contributed by atoms with Crippen LogP contribution in [0.25, 0.3) is 16.9 Å². The molecule has 2 aromatic carbocycles. The van der Waals surface area contributed by atoms with Crippen LogP contribution in [0.5, 0.6) is 5.75 Å². The van der Waals surface area contributed by atoms with Crippen molar-refractivity contribution in [3.05, 3.63) is 66.4 Å². The number of rotatable bonds is 8. The maximum atomic E-state index is 13.0. The van der Waals surface area contributed by atoms with Crippen LogP contribution in [0, 0.1) is 0 Å². The summed E-state index contributed by atoms with van der Waals surface area (Å²) in [6.45, 7) is 5.07. The van der Waals surface area contributed by atoms with Crippen LogP contribution in [0.2, 0.25) is 0 Å². The first-order valence-electron chi connectivity index (χ1n) is 10.6. The third kappa shape index (κ3) is 5.31. The summed E-state index contributed by atoms with van der Waals surface area (Å²) in [6.07, 6.45) is 0.899. The number of methoxy groups -OCH3 is 1. The highest BCUT2D eigenvalue weighted by molar-refractivity contribution is 5.94. The van der Waals surface area contributed by atoms with Gasteiger partial charge in [0.05, 0.1) is 31.7 Å². The molecule has 1 amide bonds. The van der Waals surface area contributed by atoms with Gasteiger partial charge in [0.2, 0.25) is 0 Å². The molecular weight excluding hydrogens is 392 g/mol. The largest absolute Gasteiger partial charge is 0.497 e. The minimum absolute atomic E-state index is 0.127. The first-order chi connectivity index (χ1) is 15.2. The molecule has 7 nitrogen and oxygen atoms in total. The summed E-state index contributed by atoms with van der Waals surface area (Å²) >= 11 is 0. The van der Waals surface area contributed by atoms with Crippen LogP contribution in [0.3, 0.4) is 0 Å². The van der Waals surface area contributed by atoms with Crippen molar-refractivity contribution in [1.29, 1.82) is 0 Å². The quantitative estimate of drug-likeness (QED) is 0.568. The Morgan fingerprint density at radius 3 is 2.55 bits per heavy atom. The smallest absolute Gasteiger partial charge is 0.270 e. The Labute approximate surface area is 182 Å². The molecule has 0 spiro atoms. The van der Waals surface area contributed by atoms with E-state index < -0.39 is 0 Å². The summed E-state index contributed by atoms with van der Waals surface area (Å²) in [5.41, 5.74) is 3.03. The van der Waals surface area contributed by atoms with Crippen molar-refractivity contribution >= 4 is 5.91 Å². The van der Waals surface area contributed by atoms with Crippen molar-refractivity contribution in [3.63, 3.8) is 0 Å². The molecule has 0 unspecified atom stereocenters. The molecule has 0 bridgehead atoms. The number of aromatic nitrogens is 2. The lowest BCUT2D eigenvalue weighted by molar-refractivity contribution is 0.0374. The number of hydrogen-bond acceptors (Lipinski definition) is 5. The molecule has 4 rings (SSSR count). The fourth-order valence-electron chi connectivity index (χ4n) is 3.63. The molecule has 1 N–H and O–H groups in total. The van der Waals surface area contributed by atoms with Gasteiger partial charge >= 0.3 is 0 Å². The monoisotopic (exact) mass is 420 g/mol. The lowest BCUT2D eigenvalue weighted by Crippen LogP contribution is -2.38. The lowest BCUT2D eigenvalue weighted by atomic mass is 10.1. The SMILES string of the molecule is COc1ccc(-c2cc(C(=O)NCCCN3CCOCC3)n(-c3ccccc3)n2)cc1. The van der Waals surface area contributed by atoms with Gasteiger partial charge in [-0.2, -0.15) is 5.10 Å².